The zero-order valence-corrected chi connectivity index (χ0v) is 14.7. The average Bonchev–Trinajstić information content (AvgIpc) is 2.82. The Morgan fingerprint density at radius 2 is 1.83 bits per heavy atom. The molecule has 0 aliphatic rings. The van der Waals surface area contributed by atoms with E-state index in [2.05, 4.69) is 13.8 Å². The van der Waals surface area contributed by atoms with E-state index in [4.69, 9.17) is 16.0 Å². The van der Waals surface area contributed by atoms with E-state index in [9.17, 15) is 8.42 Å². The number of hydrogen-bond acceptors (Lipinski definition) is 3. The zero-order valence-electron chi connectivity index (χ0n) is 13.1. The quantitative estimate of drug-likeness (QED) is 0.640. The van der Waals surface area contributed by atoms with Crippen molar-refractivity contribution in [2.24, 2.45) is 0 Å². The van der Waals surface area contributed by atoms with Gasteiger partial charge in [-0.3, -0.25) is 0 Å². The Morgan fingerprint density at radius 1 is 1.09 bits per heavy atom. The zero-order chi connectivity index (χ0) is 16.8. The van der Waals surface area contributed by atoms with E-state index >= 15 is 0 Å². The van der Waals surface area contributed by atoms with Gasteiger partial charge in [-0.25, -0.2) is 8.42 Å². The Morgan fingerprint density at radius 3 is 2.48 bits per heavy atom. The summed E-state index contributed by atoms with van der Waals surface area (Å²) >= 11 is 5.95. The predicted molar refractivity (Wildman–Crippen MR) is 91.9 cm³/mol. The van der Waals surface area contributed by atoms with Gasteiger partial charge in [-0.05, 0) is 48.7 Å². The molecule has 0 aliphatic heterocycles. The number of halogens is 1. The van der Waals surface area contributed by atoms with Gasteiger partial charge in [-0.1, -0.05) is 37.6 Å². The maximum absolute atomic E-state index is 13.0. The van der Waals surface area contributed by atoms with Gasteiger partial charge in [0.05, 0.1) is 4.90 Å². The number of furan rings is 1. The SMILES string of the molecule is Cc1oc2ccc(C(C)C)cc2c1S(=O)(=O)c1cccc(Cl)c1. The number of fused-ring (bicyclic) bond motifs is 1. The highest BCUT2D eigenvalue weighted by atomic mass is 35.5. The number of rotatable bonds is 3. The molecule has 5 heteroatoms. The van der Waals surface area contributed by atoms with E-state index in [1.54, 1.807) is 25.1 Å². The van der Waals surface area contributed by atoms with Gasteiger partial charge in [0.25, 0.3) is 0 Å². The van der Waals surface area contributed by atoms with Crippen LogP contribution in [0.3, 0.4) is 0 Å². The molecule has 0 amide bonds. The molecular formula is C18H17ClO3S. The summed E-state index contributed by atoms with van der Waals surface area (Å²) in [4.78, 5) is 0.392. The molecule has 0 bridgehead atoms. The highest BCUT2D eigenvalue weighted by Gasteiger charge is 2.26. The number of benzene rings is 2. The number of aryl methyl sites for hydroxylation is 1. The van der Waals surface area contributed by atoms with Crippen LogP contribution in [0.4, 0.5) is 0 Å². The Balaban J connectivity index is 2.30. The summed E-state index contributed by atoms with van der Waals surface area (Å²) in [6.07, 6.45) is 0. The van der Waals surface area contributed by atoms with Crippen molar-refractivity contribution in [3.63, 3.8) is 0 Å². The molecule has 23 heavy (non-hydrogen) atoms. The smallest absolute Gasteiger partial charge is 0.210 e. The lowest BCUT2D eigenvalue weighted by atomic mass is 10.0. The minimum Gasteiger partial charge on any atom is -0.460 e. The summed E-state index contributed by atoms with van der Waals surface area (Å²) < 4.78 is 31.7. The highest BCUT2D eigenvalue weighted by Crippen LogP contribution is 2.35. The molecule has 1 heterocycles. The van der Waals surface area contributed by atoms with Gasteiger partial charge in [-0.2, -0.15) is 0 Å². The lowest BCUT2D eigenvalue weighted by Crippen LogP contribution is -2.03. The first kappa shape index (κ1) is 16.1. The third-order valence-corrected chi connectivity index (χ3v) is 6.03. The van der Waals surface area contributed by atoms with E-state index in [0.717, 1.165) is 5.56 Å². The van der Waals surface area contributed by atoms with Gasteiger partial charge in [-0.15, -0.1) is 0 Å². The van der Waals surface area contributed by atoms with Crippen LogP contribution in [0.5, 0.6) is 0 Å². The molecule has 3 nitrogen and oxygen atoms in total. The van der Waals surface area contributed by atoms with Gasteiger partial charge in [0.15, 0.2) is 0 Å². The maximum Gasteiger partial charge on any atom is 0.210 e. The fourth-order valence-electron chi connectivity index (χ4n) is 2.66. The Bertz CT molecular complexity index is 985. The molecule has 0 fully saturated rings. The second-order valence-corrected chi connectivity index (χ2v) is 8.18. The maximum atomic E-state index is 13.0. The molecule has 3 aromatic rings. The molecule has 0 N–H and O–H groups in total. The summed E-state index contributed by atoms with van der Waals surface area (Å²) in [5.74, 6) is 0.692. The molecule has 0 atom stereocenters. The summed E-state index contributed by atoms with van der Waals surface area (Å²) in [6, 6.07) is 12.0. The normalized spacial score (nSPS) is 12.2. The van der Waals surface area contributed by atoms with Crippen LogP contribution in [0.25, 0.3) is 11.0 Å². The molecule has 0 radical (unpaired) electrons. The van der Waals surface area contributed by atoms with Crippen molar-refractivity contribution >= 4 is 32.4 Å². The second kappa shape index (κ2) is 5.69. The fraction of sp³-hybridized carbons (Fsp3) is 0.222. The van der Waals surface area contributed by atoms with Crippen LogP contribution >= 0.6 is 11.6 Å². The van der Waals surface area contributed by atoms with Crippen LogP contribution in [-0.4, -0.2) is 8.42 Å². The highest BCUT2D eigenvalue weighted by molar-refractivity contribution is 7.91. The molecule has 2 aromatic carbocycles. The van der Waals surface area contributed by atoms with Gasteiger partial charge < -0.3 is 4.42 Å². The molecule has 0 saturated carbocycles. The van der Waals surface area contributed by atoms with Crippen molar-refractivity contribution in [2.45, 2.75) is 36.5 Å². The van der Waals surface area contributed by atoms with E-state index in [-0.39, 0.29) is 9.79 Å². The third-order valence-electron chi connectivity index (χ3n) is 3.87. The summed E-state index contributed by atoms with van der Waals surface area (Å²) in [6.45, 7) is 5.81. The van der Waals surface area contributed by atoms with Crippen molar-refractivity contribution in [3.05, 3.63) is 58.8 Å². The monoisotopic (exact) mass is 348 g/mol. The Hall–Kier alpha value is -1.78. The molecule has 120 valence electrons. The first-order valence-corrected chi connectivity index (χ1v) is 9.20. The van der Waals surface area contributed by atoms with Crippen LogP contribution in [0.15, 0.2) is 56.7 Å². The summed E-state index contributed by atoms with van der Waals surface area (Å²) in [5, 5.41) is 1.01. The van der Waals surface area contributed by atoms with Crippen molar-refractivity contribution in [1.82, 2.24) is 0 Å². The lowest BCUT2D eigenvalue weighted by molar-refractivity contribution is 0.557. The van der Waals surface area contributed by atoms with Crippen molar-refractivity contribution < 1.29 is 12.8 Å². The second-order valence-electron chi connectivity index (χ2n) is 5.86. The molecule has 0 saturated heterocycles. The lowest BCUT2D eigenvalue weighted by Gasteiger charge is -2.07. The van der Waals surface area contributed by atoms with E-state index in [0.29, 0.717) is 27.7 Å². The Kier molecular flexibility index (Phi) is 3.98. The molecule has 1 aromatic heterocycles. The average molecular weight is 349 g/mol. The van der Waals surface area contributed by atoms with Crippen LogP contribution in [0.1, 0.15) is 31.1 Å². The summed E-state index contributed by atoms with van der Waals surface area (Å²) in [7, 11) is -3.70. The minimum absolute atomic E-state index is 0.172. The van der Waals surface area contributed by atoms with E-state index in [1.165, 1.54) is 6.07 Å². The van der Waals surface area contributed by atoms with Gasteiger partial charge in [0.2, 0.25) is 9.84 Å². The molecule has 3 rings (SSSR count). The molecule has 0 spiro atoms. The number of sulfone groups is 1. The third kappa shape index (κ3) is 2.77. The van der Waals surface area contributed by atoms with Gasteiger partial charge in [0, 0.05) is 10.4 Å². The number of hydrogen-bond donors (Lipinski definition) is 0. The largest absolute Gasteiger partial charge is 0.460 e. The predicted octanol–water partition coefficient (Wildman–Crippen LogP) is 5.35. The Labute approximate surface area is 140 Å². The first-order valence-electron chi connectivity index (χ1n) is 7.34. The van der Waals surface area contributed by atoms with Crippen molar-refractivity contribution in [2.75, 3.05) is 0 Å². The summed E-state index contributed by atoms with van der Waals surface area (Å²) in [5.41, 5.74) is 1.65. The molecule has 0 unspecified atom stereocenters. The van der Waals surface area contributed by atoms with Gasteiger partial charge in [0.1, 0.15) is 16.2 Å². The molecule has 0 aliphatic carbocycles. The van der Waals surface area contributed by atoms with Crippen LogP contribution in [0.2, 0.25) is 5.02 Å². The minimum atomic E-state index is -3.70. The van der Waals surface area contributed by atoms with Gasteiger partial charge >= 0.3 is 0 Å². The standard InChI is InChI=1S/C18H17ClO3S/c1-11(2)13-7-8-17-16(9-13)18(12(3)22-17)23(20,21)15-6-4-5-14(19)10-15/h4-11H,1-3H3. The fourth-order valence-corrected chi connectivity index (χ4v) is 4.56. The van der Waals surface area contributed by atoms with E-state index in [1.807, 2.05) is 18.2 Å². The van der Waals surface area contributed by atoms with Crippen molar-refractivity contribution in [1.29, 1.82) is 0 Å². The van der Waals surface area contributed by atoms with Crippen LogP contribution in [-0.2, 0) is 9.84 Å². The van der Waals surface area contributed by atoms with Crippen molar-refractivity contribution in [3.8, 4) is 0 Å². The first-order chi connectivity index (χ1) is 10.8. The van der Waals surface area contributed by atoms with Crippen LogP contribution < -0.4 is 0 Å². The topological polar surface area (TPSA) is 47.3 Å². The van der Waals surface area contributed by atoms with E-state index < -0.39 is 9.84 Å². The molecular weight excluding hydrogens is 332 g/mol. The van der Waals surface area contributed by atoms with Crippen LogP contribution in [0, 0.1) is 6.92 Å².